The highest BCUT2D eigenvalue weighted by atomic mass is 32.2. The zero-order valence-electron chi connectivity index (χ0n) is 11.6. The second kappa shape index (κ2) is 5.73. The molecule has 0 spiro atoms. The minimum absolute atomic E-state index is 0.251. The van der Waals surface area contributed by atoms with Crippen molar-refractivity contribution in [3.8, 4) is 0 Å². The highest BCUT2D eigenvalue weighted by molar-refractivity contribution is 7.92. The summed E-state index contributed by atoms with van der Waals surface area (Å²) in [7, 11) is -3.58. The third-order valence-electron chi connectivity index (χ3n) is 3.49. The lowest BCUT2D eigenvalue weighted by Gasteiger charge is -2.20. The Morgan fingerprint density at radius 1 is 1.00 bits per heavy atom. The minimum Gasteiger partial charge on any atom is -0.355 e. The number of pyridine rings is 1. The van der Waals surface area contributed by atoms with Crippen molar-refractivity contribution in [2.75, 3.05) is 22.7 Å². The van der Waals surface area contributed by atoms with Crippen molar-refractivity contribution in [1.82, 2.24) is 4.98 Å². The largest absolute Gasteiger partial charge is 0.355 e. The zero-order valence-corrected chi connectivity index (χ0v) is 12.4. The van der Waals surface area contributed by atoms with E-state index in [1.54, 1.807) is 48.7 Å². The van der Waals surface area contributed by atoms with Gasteiger partial charge in [-0.15, -0.1) is 0 Å². The molecule has 1 saturated heterocycles. The maximum Gasteiger partial charge on any atom is 0.262 e. The van der Waals surface area contributed by atoms with E-state index in [-0.39, 0.29) is 4.90 Å². The molecule has 0 bridgehead atoms. The first-order valence-corrected chi connectivity index (χ1v) is 8.43. The number of hydrogen-bond acceptors (Lipinski definition) is 4. The second-order valence-electron chi connectivity index (χ2n) is 4.99. The maximum absolute atomic E-state index is 12.4. The quantitative estimate of drug-likeness (QED) is 0.942. The molecule has 1 N–H and O–H groups in total. The summed E-state index contributed by atoms with van der Waals surface area (Å²) in [5.41, 5.74) is 0.531. The molecule has 2 aromatic rings. The summed E-state index contributed by atoms with van der Waals surface area (Å²) in [4.78, 5) is 6.70. The molecule has 1 aliphatic rings. The molecule has 0 atom stereocenters. The third-order valence-corrected chi connectivity index (χ3v) is 4.87. The minimum atomic E-state index is -3.58. The van der Waals surface area contributed by atoms with Crippen molar-refractivity contribution in [3.63, 3.8) is 0 Å². The van der Waals surface area contributed by atoms with Gasteiger partial charge in [0.25, 0.3) is 10.0 Å². The average Bonchev–Trinajstić information content (AvgIpc) is 3.02. The van der Waals surface area contributed by atoms with E-state index < -0.39 is 10.0 Å². The Bertz CT molecular complexity index is 711. The van der Waals surface area contributed by atoms with E-state index in [1.807, 2.05) is 0 Å². The van der Waals surface area contributed by atoms with E-state index in [4.69, 9.17) is 0 Å². The Kier molecular flexibility index (Phi) is 3.79. The predicted molar refractivity (Wildman–Crippen MR) is 82.9 cm³/mol. The number of rotatable bonds is 4. The molecule has 0 aliphatic carbocycles. The van der Waals surface area contributed by atoms with Gasteiger partial charge in [0.15, 0.2) is 5.82 Å². The van der Waals surface area contributed by atoms with Gasteiger partial charge < -0.3 is 4.90 Å². The molecule has 1 aromatic carbocycles. The van der Waals surface area contributed by atoms with Crippen molar-refractivity contribution in [1.29, 1.82) is 0 Å². The first kappa shape index (κ1) is 13.9. The van der Waals surface area contributed by atoms with Gasteiger partial charge in [-0.3, -0.25) is 4.72 Å². The Labute approximate surface area is 124 Å². The van der Waals surface area contributed by atoms with Crippen molar-refractivity contribution >= 4 is 21.5 Å². The Morgan fingerprint density at radius 2 is 1.71 bits per heavy atom. The molecule has 5 nitrogen and oxygen atoms in total. The number of benzene rings is 1. The van der Waals surface area contributed by atoms with Crippen LogP contribution in [0.4, 0.5) is 11.5 Å². The van der Waals surface area contributed by atoms with Gasteiger partial charge >= 0.3 is 0 Å². The zero-order chi connectivity index (χ0) is 14.7. The van der Waals surface area contributed by atoms with Gasteiger partial charge in [0.2, 0.25) is 0 Å². The average molecular weight is 303 g/mol. The van der Waals surface area contributed by atoms with Gasteiger partial charge in [-0.25, -0.2) is 13.4 Å². The fourth-order valence-electron chi connectivity index (χ4n) is 2.46. The van der Waals surface area contributed by atoms with E-state index >= 15 is 0 Å². The molecule has 0 saturated carbocycles. The van der Waals surface area contributed by atoms with Crippen LogP contribution >= 0.6 is 0 Å². The Morgan fingerprint density at radius 3 is 2.43 bits per heavy atom. The number of hydrogen-bond donors (Lipinski definition) is 1. The summed E-state index contributed by atoms with van der Waals surface area (Å²) in [6.07, 6.45) is 3.91. The van der Waals surface area contributed by atoms with Crippen LogP contribution in [0.3, 0.4) is 0 Å². The van der Waals surface area contributed by atoms with E-state index in [1.165, 1.54) is 0 Å². The first-order valence-electron chi connectivity index (χ1n) is 6.95. The molecule has 110 valence electrons. The lowest BCUT2D eigenvalue weighted by molar-refractivity contribution is 0.601. The number of sulfonamides is 1. The normalized spacial score (nSPS) is 15.1. The van der Waals surface area contributed by atoms with E-state index in [2.05, 4.69) is 14.6 Å². The van der Waals surface area contributed by atoms with Crippen LogP contribution in [0.2, 0.25) is 0 Å². The van der Waals surface area contributed by atoms with Crippen LogP contribution in [0.15, 0.2) is 53.6 Å². The molecular formula is C15H17N3O2S. The number of aromatic nitrogens is 1. The summed E-state index contributed by atoms with van der Waals surface area (Å²) in [6, 6.07) is 11.9. The molecule has 3 rings (SSSR count). The van der Waals surface area contributed by atoms with Crippen LogP contribution in [-0.4, -0.2) is 26.5 Å². The summed E-state index contributed by atoms with van der Waals surface area (Å²) < 4.78 is 27.5. The van der Waals surface area contributed by atoms with Gasteiger partial charge in [0.1, 0.15) is 0 Å². The lowest BCUT2D eigenvalue weighted by atomic mass is 10.4. The van der Waals surface area contributed by atoms with Crippen molar-refractivity contribution < 1.29 is 8.42 Å². The van der Waals surface area contributed by atoms with Crippen LogP contribution in [-0.2, 0) is 10.0 Å². The summed E-state index contributed by atoms with van der Waals surface area (Å²) >= 11 is 0. The maximum atomic E-state index is 12.4. The SMILES string of the molecule is O=S(=O)(Nc1cccnc1N1CCCC1)c1ccccc1. The molecule has 0 unspecified atom stereocenters. The van der Waals surface area contributed by atoms with Gasteiger partial charge in [0, 0.05) is 19.3 Å². The monoisotopic (exact) mass is 303 g/mol. The molecule has 0 radical (unpaired) electrons. The molecular weight excluding hydrogens is 286 g/mol. The molecule has 6 heteroatoms. The molecule has 2 heterocycles. The van der Waals surface area contributed by atoms with Gasteiger partial charge in [-0.1, -0.05) is 18.2 Å². The van der Waals surface area contributed by atoms with E-state index in [0.29, 0.717) is 11.5 Å². The standard InChI is InChI=1S/C15H17N3O2S/c19-21(20,13-7-2-1-3-8-13)17-14-9-6-10-16-15(14)18-11-4-5-12-18/h1-3,6-10,17H,4-5,11-12H2. The Hall–Kier alpha value is -2.08. The summed E-state index contributed by atoms with van der Waals surface area (Å²) in [5.74, 6) is 0.703. The highest BCUT2D eigenvalue weighted by Crippen LogP contribution is 2.28. The van der Waals surface area contributed by atoms with Crippen LogP contribution in [0.1, 0.15) is 12.8 Å². The second-order valence-corrected chi connectivity index (χ2v) is 6.67. The molecule has 1 fully saturated rings. The summed E-state index contributed by atoms with van der Waals surface area (Å²) in [6.45, 7) is 1.83. The Balaban J connectivity index is 1.91. The fraction of sp³-hybridized carbons (Fsp3) is 0.267. The lowest BCUT2D eigenvalue weighted by Crippen LogP contribution is -2.22. The van der Waals surface area contributed by atoms with Crippen LogP contribution in [0.5, 0.6) is 0 Å². The molecule has 0 amide bonds. The fourth-order valence-corrected chi connectivity index (χ4v) is 3.54. The van der Waals surface area contributed by atoms with E-state index in [9.17, 15) is 8.42 Å². The third kappa shape index (κ3) is 3.00. The van der Waals surface area contributed by atoms with Crippen molar-refractivity contribution in [2.45, 2.75) is 17.7 Å². The van der Waals surface area contributed by atoms with Gasteiger partial charge in [0.05, 0.1) is 10.6 Å². The number of nitrogens with one attached hydrogen (secondary N) is 1. The van der Waals surface area contributed by atoms with Crippen molar-refractivity contribution in [2.24, 2.45) is 0 Å². The molecule has 1 aromatic heterocycles. The smallest absolute Gasteiger partial charge is 0.262 e. The van der Waals surface area contributed by atoms with Crippen LogP contribution in [0.25, 0.3) is 0 Å². The van der Waals surface area contributed by atoms with Gasteiger partial charge in [-0.2, -0.15) is 0 Å². The van der Waals surface area contributed by atoms with E-state index in [0.717, 1.165) is 25.9 Å². The van der Waals surface area contributed by atoms with Crippen LogP contribution < -0.4 is 9.62 Å². The van der Waals surface area contributed by atoms with Crippen molar-refractivity contribution in [3.05, 3.63) is 48.7 Å². The molecule has 1 aliphatic heterocycles. The van der Waals surface area contributed by atoms with Gasteiger partial charge in [-0.05, 0) is 37.1 Å². The number of anilines is 2. The molecule has 21 heavy (non-hydrogen) atoms. The highest BCUT2D eigenvalue weighted by Gasteiger charge is 2.20. The summed E-state index contributed by atoms with van der Waals surface area (Å²) in [5, 5.41) is 0. The first-order chi connectivity index (χ1) is 10.2. The number of nitrogens with zero attached hydrogens (tertiary/aromatic N) is 2. The van der Waals surface area contributed by atoms with Crippen LogP contribution in [0, 0.1) is 0 Å². The predicted octanol–water partition coefficient (Wildman–Crippen LogP) is 2.48. The topological polar surface area (TPSA) is 62.3 Å².